The lowest BCUT2D eigenvalue weighted by atomic mass is 9.98. The molecule has 3 aliphatic heterocycles. The van der Waals surface area contributed by atoms with Gasteiger partial charge in [0.25, 0.3) is 5.91 Å². The van der Waals surface area contributed by atoms with E-state index in [-0.39, 0.29) is 23.5 Å². The Bertz CT molecular complexity index is 1410. The highest BCUT2D eigenvalue weighted by Crippen LogP contribution is 2.26. The highest BCUT2D eigenvalue weighted by molar-refractivity contribution is 5.99. The minimum Gasteiger partial charge on any atom is -0.493 e. The van der Waals surface area contributed by atoms with Crippen LogP contribution in [0.15, 0.2) is 72.8 Å². The van der Waals surface area contributed by atoms with Crippen LogP contribution in [0.25, 0.3) is 0 Å². The molecule has 1 atom stereocenters. The first-order valence-corrected chi connectivity index (χ1v) is 15.2. The van der Waals surface area contributed by atoms with Gasteiger partial charge in [-0.25, -0.2) is 4.39 Å². The second-order valence-corrected chi connectivity index (χ2v) is 11.6. The van der Waals surface area contributed by atoms with Gasteiger partial charge in [0.15, 0.2) is 0 Å². The lowest BCUT2D eigenvalue weighted by Crippen LogP contribution is -2.46. The summed E-state index contributed by atoms with van der Waals surface area (Å²) >= 11 is 0. The van der Waals surface area contributed by atoms with E-state index in [0.717, 1.165) is 70.0 Å². The van der Waals surface area contributed by atoms with E-state index in [1.165, 1.54) is 11.6 Å². The van der Waals surface area contributed by atoms with Crippen molar-refractivity contribution in [1.29, 1.82) is 0 Å². The number of likely N-dealkylation sites (tertiary alicyclic amines) is 1. The number of hydrogen-bond donors (Lipinski definition) is 0. The number of ether oxygens (including phenoxy) is 1. The molecule has 2 amide bonds. The van der Waals surface area contributed by atoms with Crippen LogP contribution in [0.5, 0.6) is 5.75 Å². The molecule has 3 aromatic carbocycles. The number of hydrogen-bond acceptors (Lipinski definition) is 5. The largest absolute Gasteiger partial charge is 0.493 e. The number of para-hydroxylation sites is 1. The highest BCUT2D eigenvalue weighted by Gasteiger charge is 2.27. The van der Waals surface area contributed by atoms with Crippen LogP contribution in [-0.2, 0) is 11.3 Å². The number of carbonyl (C=O) groups excluding carboxylic acids is 2. The van der Waals surface area contributed by atoms with Crippen LogP contribution in [-0.4, -0.2) is 74.0 Å². The third-order valence-electron chi connectivity index (χ3n) is 8.64. The predicted octanol–water partition coefficient (Wildman–Crippen LogP) is 5.21. The number of rotatable bonds is 8. The molecular formula is C34H39FN4O3. The van der Waals surface area contributed by atoms with Crippen LogP contribution in [0.3, 0.4) is 0 Å². The second-order valence-electron chi connectivity index (χ2n) is 11.6. The van der Waals surface area contributed by atoms with Crippen molar-refractivity contribution >= 4 is 23.2 Å². The molecule has 42 heavy (non-hydrogen) atoms. The van der Waals surface area contributed by atoms with Crippen molar-refractivity contribution < 1.29 is 18.7 Å². The molecule has 3 saturated heterocycles. The molecule has 3 fully saturated rings. The monoisotopic (exact) mass is 570 g/mol. The average Bonchev–Trinajstić information content (AvgIpc) is 3.46. The second kappa shape index (κ2) is 12.9. The zero-order valence-corrected chi connectivity index (χ0v) is 24.1. The van der Waals surface area contributed by atoms with Gasteiger partial charge in [0.05, 0.1) is 12.3 Å². The minimum absolute atomic E-state index is 0.0188. The fourth-order valence-corrected chi connectivity index (χ4v) is 6.36. The van der Waals surface area contributed by atoms with E-state index in [0.29, 0.717) is 37.4 Å². The SMILES string of the molecule is O=C(c1cccc(N2CCCC2=O)c1)N1CCCC(COc2cccc(CN3CCN(c4ccccc4F)CC3)c2)C1. The number of benzene rings is 3. The van der Waals surface area contributed by atoms with Crippen LogP contribution < -0.4 is 14.5 Å². The van der Waals surface area contributed by atoms with Crippen molar-refractivity contribution in [3.8, 4) is 5.75 Å². The van der Waals surface area contributed by atoms with E-state index in [2.05, 4.69) is 21.9 Å². The van der Waals surface area contributed by atoms with Crippen LogP contribution in [0, 0.1) is 11.7 Å². The average molecular weight is 571 g/mol. The molecule has 0 aliphatic carbocycles. The molecule has 3 heterocycles. The molecule has 0 bridgehead atoms. The lowest BCUT2D eigenvalue weighted by molar-refractivity contribution is -0.117. The van der Waals surface area contributed by atoms with Crippen LogP contribution in [0.4, 0.5) is 15.8 Å². The van der Waals surface area contributed by atoms with Gasteiger partial charge in [-0.15, -0.1) is 0 Å². The Morgan fingerprint density at radius 3 is 2.52 bits per heavy atom. The third kappa shape index (κ3) is 6.59. The molecule has 1 unspecified atom stereocenters. The molecule has 3 aromatic rings. The summed E-state index contributed by atoms with van der Waals surface area (Å²) in [6.07, 6.45) is 3.41. The third-order valence-corrected chi connectivity index (χ3v) is 8.64. The molecule has 8 heteroatoms. The van der Waals surface area contributed by atoms with Gasteiger partial charge < -0.3 is 19.4 Å². The summed E-state index contributed by atoms with van der Waals surface area (Å²) in [7, 11) is 0. The molecule has 0 saturated carbocycles. The Balaban J connectivity index is 0.996. The van der Waals surface area contributed by atoms with E-state index in [4.69, 9.17) is 4.74 Å². The Kier molecular flexibility index (Phi) is 8.70. The van der Waals surface area contributed by atoms with E-state index < -0.39 is 0 Å². The van der Waals surface area contributed by atoms with Crippen LogP contribution >= 0.6 is 0 Å². The molecular weight excluding hydrogens is 531 g/mol. The molecule has 0 radical (unpaired) electrons. The van der Waals surface area contributed by atoms with Gasteiger partial charge in [-0.3, -0.25) is 14.5 Å². The van der Waals surface area contributed by atoms with E-state index in [1.807, 2.05) is 53.4 Å². The Morgan fingerprint density at radius 2 is 1.71 bits per heavy atom. The van der Waals surface area contributed by atoms with Gasteiger partial charge >= 0.3 is 0 Å². The summed E-state index contributed by atoms with van der Waals surface area (Å²) < 4.78 is 20.4. The predicted molar refractivity (Wildman–Crippen MR) is 162 cm³/mol. The Hall–Kier alpha value is -3.91. The zero-order valence-electron chi connectivity index (χ0n) is 24.1. The number of carbonyl (C=O) groups is 2. The maximum Gasteiger partial charge on any atom is 0.253 e. The maximum atomic E-state index is 14.2. The summed E-state index contributed by atoms with van der Waals surface area (Å²) in [6.45, 7) is 6.87. The standard InChI is InChI=1S/C34H39FN4O3/c35-31-12-1-2-13-32(31)37-19-17-36(18-20-37)23-26-7-3-11-30(21-26)42-25-27-8-5-15-38(24-27)34(41)28-9-4-10-29(22-28)39-16-6-14-33(39)40/h1-4,7,9-13,21-22,27H,5-6,8,14-20,23-25H2. The summed E-state index contributed by atoms with van der Waals surface area (Å²) in [5.74, 6) is 1.10. The van der Waals surface area contributed by atoms with Crippen molar-refractivity contribution in [2.75, 3.05) is 62.2 Å². The molecule has 0 aromatic heterocycles. The quantitative estimate of drug-likeness (QED) is 0.373. The number of amides is 2. The van der Waals surface area contributed by atoms with Crippen molar-refractivity contribution in [3.63, 3.8) is 0 Å². The number of piperidine rings is 1. The number of halogens is 1. The Labute approximate surface area is 247 Å². The van der Waals surface area contributed by atoms with E-state index in [9.17, 15) is 14.0 Å². The first-order chi connectivity index (χ1) is 20.5. The van der Waals surface area contributed by atoms with Gasteiger partial charge in [-0.1, -0.05) is 30.3 Å². The van der Waals surface area contributed by atoms with E-state index in [1.54, 1.807) is 11.0 Å². The van der Waals surface area contributed by atoms with Crippen LogP contribution in [0.2, 0.25) is 0 Å². The molecule has 0 spiro atoms. The summed E-state index contributed by atoms with van der Waals surface area (Å²) in [5.41, 5.74) is 3.33. The highest BCUT2D eigenvalue weighted by atomic mass is 19.1. The minimum atomic E-state index is -0.161. The van der Waals surface area contributed by atoms with Gasteiger partial charge in [0.1, 0.15) is 11.6 Å². The smallest absolute Gasteiger partial charge is 0.253 e. The summed E-state index contributed by atoms with van der Waals surface area (Å²) in [5, 5.41) is 0. The van der Waals surface area contributed by atoms with Crippen LogP contribution in [0.1, 0.15) is 41.6 Å². The first-order valence-electron chi connectivity index (χ1n) is 15.2. The van der Waals surface area contributed by atoms with Crippen molar-refractivity contribution in [2.24, 2.45) is 5.92 Å². The fourth-order valence-electron chi connectivity index (χ4n) is 6.36. The number of piperazine rings is 1. The number of nitrogens with zero attached hydrogens (tertiary/aromatic N) is 4. The molecule has 220 valence electrons. The van der Waals surface area contributed by atoms with Crippen molar-refractivity contribution in [1.82, 2.24) is 9.80 Å². The van der Waals surface area contributed by atoms with Crippen molar-refractivity contribution in [2.45, 2.75) is 32.2 Å². The van der Waals surface area contributed by atoms with Gasteiger partial charge in [0.2, 0.25) is 5.91 Å². The molecule has 7 nitrogen and oxygen atoms in total. The maximum absolute atomic E-state index is 14.2. The molecule has 3 aliphatic rings. The summed E-state index contributed by atoms with van der Waals surface area (Å²) in [4.78, 5) is 33.8. The number of anilines is 2. The lowest BCUT2D eigenvalue weighted by Gasteiger charge is -2.36. The Morgan fingerprint density at radius 1 is 0.881 bits per heavy atom. The first kappa shape index (κ1) is 28.2. The van der Waals surface area contributed by atoms with Gasteiger partial charge in [-0.05, 0) is 67.3 Å². The molecule has 0 N–H and O–H groups in total. The molecule has 6 rings (SSSR count). The summed E-state index contributed by atoms with van der Waals surface area (Å²) in [6, 6.07) is 22.7. The van der Waals surface area contributed by atoms with E-state index >= 15 is 0 Å². The zero-order chi connectivity index (χ0) is 28.9. The normalized spacial score (nSPS) is 19.8. The topological polar surface area (TPSA) is 56.3 Å². The van der Waals surface area contributed by atoms with Gasteiger partial charge in [-0.2, -0.15) is 0 Å². The van der Waals surface area contributed by atoms with Crippen molar-refractivity contribution in [3.05, 3.63) is 89.7 Å². The van der Waals surface area contributed by atoms with Gasteiger partial charge in [0, 0.05) is 75.9 Å². The fraction of sp³-hybridized carbons (Fsp3) is 0.412.